The predicted molar refractivity (Wildman–Crippen MR) is 136 cm³/mol. The van der Waals surface area contributed by atoms with Gasteiger partial charge in [0.1, 0.15) is 6.04 Å². The number of nitrogens with one attached hydrogen (secondary N) is 1. The molecule has 2 aromatic carbocycles. The van der Waals surface area contributed by atoms with E-state index in [0.717, 1.165) is 16.7 Å². The molecule has 0 bridgehead atoms. The third-order valence-electron chi connectivity index (χ3n) is 5.34. The lowest BCUT2D eigenvalue weighted by Gasteiger charge is -2.17. The van der Waals surface area contributed by atoms with Crippen LogP contribution in [-0.4, -0.2) is 40.0 Å². The Morgan fingerprint density at radius 1 is 1.18 bits per heavy atom. The minimum atomic E-state index is -1.07. The Labute approximate surface area is 203 Å². The Kier molecular flexibility index (Phi) is 8.60. The van der Waals surface area contributed by atoms with Crippen LogP contribution in [-0.2, 0) is 4.79 Å². The summed E-state index contributed by atoms with van der Waals surface area (Å²) < 4.78 is 0. The number of hydrogen-bond donors (Lipinski definition) is 2. The largest absolute Gasteiger partial charge is 0.480 e. The second kappa shape index (κ2) is 11.8. The van der Waals surface area contributed by atoms with Gasteiger partial charge >= 0.3 is 5.97 Å². The molecule has 0 saturated heterocycles. The summed E-state index contributed by atoms with van der Waals surface area (Å²) >= 11 is 1.52. The number of hydrogen-bond acceptors (Lipinski definition) is 5. The number of aryl methyl sites for hydroxylation is 1. The summed E-state index contributed by atoms with van der Waals surface area (Å²) in [5, 5.41) is 22.0. The van der Waals surface area contributed by atoms with E-state index in [1.165, 1.54) is 11.8 Å². The van der Waals surface area contributed by atoms with Crippen molar-refractivity contribution in [2.45, 2.75) is 19.4 Å². The lowest BCUT2D eigenvalue weighted by Crippen LogP contribution is -2.41. The van der Waals surface area contributed by atoms with Crippen LogP contribution in [0, 0.1) is 18.3 Å². The summed E-state index contributed by atoms with van der Waals surface area (Å²) in [6.45, 7) is 1.94. The van der Waals surface area contributed by atoms with Gasteiger partial charge in [0.05, 0.1) is 11.6 Å². The minimum absolute atomic E-state index is 0.326. The van der Waals surface area contributed by atoms with E-state index in [1.807, 2.05) is 43.5 Å². The number of pyridine rings is 1. The molecule has 0 radical (unpaired) electrons. The molecule has 0 unspecified atom stereocenters. The van der Waals surface area contributed by atoms with Crippen molar-refractivity contribution < 1.29 is 14.7 Å². The number of nitrogens with zero attached hydrogens (tertiary/aromatic N) is 2. The standard InChI is InChI=1S/C27H25N3O3S/c1-18-6-3-4-8-22(18)24-15-20(21(16-28)14-19-7-5-12-29-17-19)9-10-23(24)26(31)30-25(27(32)33)11-13-34-2/h3-10,12,14-15,17,25H,11,13H2,1-2H3,(H,30,31)(H,32,33)/b21-14+/t25-/m0/s1. The van der Waals surface area contributed by atoms with Gasteiger partial charge in [0.25, 0.3) is 5.91 Å². The topological polar surface area (TPSA) is 103 Å². The number of thioether (sulfide) groups is 1. The van der Waals surface area contributed by atoms with E-state index in [1.54, 1.807) is 42.7 Å². The summed E-state index contributed by atoms with van der Waals surface area (Å²) in [5.74, 6) is -0.915. The number of carboxylic acid groups (broad SMARTS) is 1. The molecule has 34 heavy (non-hydrogen) atoms. The Bertz CT molecular complexity index is 1250. The maximum Gasteiger partial charge on any atom is 0.326 e. The molecule has 1 heterocycles. The predicted octanol–water partition coefficient (Wildman–Crippen LogP) is 5.06. The molecule has 6 nitrogen and oxygen atoms in total. The number of amides is 1. The van der Waals surface area contributed by atoms with E-state index in [4.69, 9.17) is 0 Å². The maximum atomic E-state index is 13.2. The molecule has 0 aliphatic rings. The van der Waals surface area contributed by atoms with Crippen LogP contribution in [0.3, 0.4) is 0 Å². The first-order valence-electron chi connectivity index (χ1n) is 10.7. The third kappa shape index (κ3) is 6.12. The Balaban J connectivity index is 2.08. The molecule has 172 valence electrons. The van der Waals surface area contributed by atoms with E-state index in [9.17, 15) is 20.0 Å². The summed E-state index contributed by atoms with van der Waals surface area (Å²) in [7, 11) is 0. The van der Waals surface area contributed by atoms with Gasteiger partial charge in [-0.25, -0.2) is 4.79 Å². The second-order valence-electron chi connectivity index (χ2n) is 7.68. The van der Waals surface area contributed by atoms with Gasteiger partial charge in [-0.2, -0.15) is 17.0 Å². The number of allylic oxidation sites excluding steroid dienone is 1. The number of nitriles is 1. The molecular weight excluding hydrogens is 446 g/mol. The summed E-state index contributed by atoms with van der Waals surface area (Å²) in [4.78, 5) is 29.0. The van der Waals surface area contributed by atoms with Gasteiger partial charge in [0.2, 0.25) is 0 Å². The molecule has 0 spiro atoms. The lowest BCUT2D eigenvalue weighted by atomic mass is 9.91. The molecule has 7 heteroatoms. The molecule has 1 atom stereocenters. The first-order valence-corrected chi connectivity index (χ1v) is 12.1. The highest BCUT2D eigenvalue weighted by Gasteiger charge is 2.23. The van der Waals surface area contributed by atoms with Gasteiger partial charge in [-0.1, -0.05) is 36.4 Å². The van der Waals surface area contributed by atoms with Crippen molar-refractivity contribution in [1.29, 1.82) is 5.26 Å². The average molecular weight is 472 g/mol. The summed E-state index contributed by atoms with van der Waals surface area (Å²) in [6.07, 6.45) is 7.29. The Morgan fingerprint density at radius 2 is 1.97 bits per heavy atom. The van der Waals surface area contributed by atoms with Gasteiger partial charge in [0.15, 0.2) is 0 Å². The van der Waals surface area contributed by atoms with E-state index in [0.29, 0.717) is 34.4 Å². The first kappa shape index (κ1) is 24.7. The second-order valence-corrected chi connectivity index (χ2v) is 8.66. The zero-order valence-electron chi connectivity index (χ0n) is 19.0. The van der Waals surface area contributed by atoms with Crippen molar-refractivity contribution in [2.24, 2.45) is 0 Å². The fraction of sp³-hybridized carbons (Fsp3) is 0.185. The van der Waals surface area contributed by atoms with Crippen molar-refractivity contribution in [2.75, 3.05) is 12.0 Å². The fourth-order valence-corrected chi connectivity index (χ4v) is 4.02. The van der Waals surface area contributed by atoms with E-state index < -0.39 is 17.9 Å². The van der Waals surface area contributed by atoms with E-state index in [2.05, 4.69) is 16.4 Å². The van der Waals surface area contributed by atoms with Crippen LogP contribution < -0.4 is 5.32 Å². The number of carboxylic acids is 1. The van der Waals surface area contributed by atoms with Crippen LogP contribution >= 0.6 is 11.8 Å². The molecule has 0 saturated carbocycles. The van der Waals surface area contributed by atoms with Crippen LogP contribution in [0.2, 0.25) is 0 Å². The molecule has 0 aliphatic carbocycles. The van der Waals surface area contributed by atoms with Gasteiger partial charge in [-0.05, 0) is 77.4 Å². The van der Waals surface area contributed by atoms with Crippen LogP contribution in [0.5, 0.6) is 0 Å². The quantitative estimate of drug-likeness (QED) is 0.423. The van der Waals surface area contributed by atoms with Gasteiger partial charge in [-0.15, -0.1) is 0 Å². The first-order chi connectivity index (χ1) is 16.4. The number of rotatable bonds is 9. The fourth-order valence-electron chi connectivity index (χ4n) is 3.54. The molecular formula is C27H25N3O3S. The van der Waals surface area contributed by atoms with E-state index >= 15 is 0 Å². The highest BCUT2D eigenvalue weighted by Crippen LogP contribution is 2.31. The smallest absolute Gasteiger partial charge is 0.326 e. The number of benzene rings is 2. The van der Waals surface area contributed by atoms with Crippen molar-refractivity contribution in [1.82, 2.24) is 10.3 Å². The summed E-state index contributed by atoms with van der Waals surface area (Å²) in [6, 6.07) is 17.7. The Morgan fingerprint density at radius 3 is 2.62 bits per heavy atom. The molecule has 3 aromatic rings. The van der Waals surface area contributed by atoms with Gasteiger partial charge in [-0.3, -0.25) is 9.78 Å². The van der Waals surface area contributed by atoms with Crippen LogP contribution in [0.1, 0.15) is 33.5 Å². The van der Waals surface area contributed by atoms with Crippen LogP contribution in [0.25, 0.3) is 22.8 Å². The van der Waals surface area contributed by atoms with E-state index in [-0.39, 0.29) is 0 Å². The zero-order valence-corrected chi connectivity index (χ0v) is 19.8. The normalized spacial score (nSPS) is 12.0. The van der Waals surface area contributed by atoms with Gasteiger partial charge in [0, 0.05) is 18.0 Å². The number of aromatic nitrogens is 1. The lowest BCUT2D eigenvalue weighted by molar-refractivity contribution is -0.139. The van der Waals surface area contributed by atoms with Crippen molar-refractivity contribution in [3.05, 3.63) is 89.2 Å². The average Bonchev–Trinajstić information content (AvgIpc) is 2.85. The highest BCUT2D eigenvalue weighted by molar-refractivity contribution is 7.98. The van der Waals surface area contributed by atoms with Crippen molar-refractivity contribution >= 4 is 35.3 Å². The zero-order chi connectivity index (χ0) is 24.5. The summed E-state index contributed by atoms with van der Waals surface area (Å²) in [5.41, 5.74) is 4.65. The van der Waals surface area contributed by atoms with Crippen molar-refractivity contribution in [3.63, 3.8) is 0 Å². The van der Waals surface area contributed by atoms with Crippen molar-refractivity contribution in [3.8, 4) is 17.2 Å². The number of carbonyl (C=O) groups excluding carboxylic acids is 1. The third-order valence-corrected chi connectivity index (χ3v) is 5.98. The number of aliphatic carboxylic acids is 1. The van der Waals surface area contributed by atoms with Gasteiger partial charge < -0.3 is 10.4 Å². The molecule has 1 amide bonds. The SMILES string of the molecule is CSCC[C@H](NC(=O)c1ccc(/C(C#N)=C/c2cccnc2)cc1-c1ccccc1C)C(=O)O. The molecule has 2 N–H and O–H groups in total. The monoisotopic (exact) mass is 471 g/mol. The maximum absolute atomic E-state index is 13.2. The molecule has 0 aliphatic heterocycles. The Hall–Kier alpha value is -3.89. The minimum Gasteiger partial charge on any atom is -0.480 e. The molecule has 3 rings (SSSR count). The molecule has 1 aromatic heterocycles. The molecule has 0 fully saturated rings. The van der Waals surface area contributed by atoms with Crippen LogP contribution in [0.15, 0.2) is 67.0 Å². The highest BCUT2D eigenvalue weighted by atomic mass is 32.2. The number of carbonyl (C=O) groups is 2. The van der Waals surface area contributed by atoms with Crippen LogP contribution in [0.4, 0.5) is 0 Å².